The summed E-state index contributed by atoms with van der Waals surface area (Å²) in [4.78, 5) is 11.5. The number of benzene rings is 1. The van der Waals surface area contributed by atoms with Crippen LogP contribution < -0.4 is 4.74 Å². The van der Waals surface area contributed by atoms with Gasteiger partial charge in [-0.25, -0.2) is 4.79 Å². The number of esters is 1. The predicted molar refractivity (Wildman–Crippen MR) is 58.7 cm³/mol. The lowest BCUT2D eigenvalue weighted by Crippen LogP contribution is -2.15. The largest absolute Gasteiger partial charge is 0.496 e. The minimum absolute atomic E-state index is 0.00289. The zero-order valence-corrected chi connectivity index (χ0v) is 10.2. The molecule has 0 aliphatic carbocycles. The number of nitrogens with zero attached hydrogens (tertiary/aromatic N) is 1. The lowest BCUT2D eigenvalue weighted by atomic mass is 10.0. The summed E-state index contributed by atoms with van der Waals surface area (Å²) in [6, 6.07) is 3.44. The molecule has 1 aromatic rings. The molecular weight excluding hydrogens is 263 g/mol. The minimum atomic E-state index is -4.81. The molecule has 0 fully saturated rings. The van der Waals surface area contributed by atoms with Crippen LogP contribution in [-0.4, -0.2) is 19.7 Å². The van der Waals surface area contributed by atoms with Crippen molar-refractivity contribution in [2.75, 3.05) is 13.7 Å². The molecule has 19 heavy (non-hydrogen) atoms. The zero-order chi connectivity index (χ0) is 14.6. The Kier molecular flexibility index (Phi) is 4.38. The van der Waals surface area contributed by atoms with Gasteiger partial charge in [0, 0.05) is 0 Å². The van der Waals surface area contributed by atoms with E-state index >= 15 is 0 Å². The molecule has 0 heterocycles. The number of hydrogen-bond acceptors (Lipinski definition) is 4. The number of carbonyl (C=O) groups excluding carboxylic acids is 1. The van der Waals surface area contributed by atoms with Gasteiger partial charge in [0.25, 0.3) is 0 Å². The van der Waals surface area contributed by atoms with Gasteiger partial charge in [-0.05, 0) is 19.1 Å². The second kappa shape index (κ2) is 5.61. The number of methoxy groups -OCH3 is 1. The van der Waals surface area contributed by atoms with Crippen molar-refractivity contribution in [3.8, 4) is 11.8 Å². The molecule has 0 atom stereocenters. The number of nitriles is 1. The summed E-state index contributed by atoms with van der Waals surface area (Å²) in [6.07, 6.45) is -4.81. The molecule has 1 rings (SSSR count). The van der Waals surface area contributed by atoms with Gasteiger partial charge in [0.1, 0.15) is 17.4 Å². The van der Waals surface area contributed by atoms with Crippen LogP contribution in [0.5, 0.6) is 5.75 Å². The lowest BCUT2D eigenvalue weighted by molar-refractivity contribution is -0.139. The van der Waals surface area contributed by atoms with Gasteiger partial charge >= 0.3 is 12.1 Å². The van der Waals surface area contributed by atoms with Crippen LogP contribution in [0.1, 0.15) is 28.4 Å². The summed E-state index contributed by atoms with van der Waals surface area (Å²) in [6.45, 7) is 1.51. The maximum absolute atomic E-state index is 12.9. The first-order chi connectivity index (χ1) is 8.86. The number of alkyl halides is 3. The summed E-state index contributed by atoms with van der Waals surface area (Å²) in [7, 11) is 1.05. The first kappa shape index (κ1) is 14.8. The number of halogens is 3. The van der Waals surface area contributed by atoms with Crippen molar-refractivity contribution in [3.05, 3.63) is 28.8 Å². The van der Waals surface area contributed by atoms with Crippen LogP contribution in [0.2, 0.25) is 0 Å². The average Bonchev–Trinajstić information content (AvgIpc) is 2.35. The van der Waals surface area contributed by atoms with Crippen LogP contribution in [0.25, 0.3) is 0 Å². The predicted octanol–water partition coefficient (Wildman–Crippen LogP) is 2.76. The van der Waals surface area contributed by atoms with Crippen molar-refractivity contribution in [1.82, 2.24) is 0 Å². The van der Waals surface area contributed by atoms with Crippen molar-refractivity contribution in [2.24, 2.45) is 0 Å². The number of carbonyl (C=O) groups is 1. The smallest absolute Gasteiger partial charge is 0.421 e. The Morgan fingerprint density at radius 3 is 2.47 bits per heavy atom. The lowest BCUT2D eigenvalue weighted by Gasteiger charge is -2.15. The van der Waals surface area contributed by atoms with E-state index in [9.17, 15) is 18.0 Å². The molecule has 1 aromatic carbocycles. The van der Waals surface area contributed by atoms with E-state index in [2.05, 4.69) is 9.47 Å². The average molecular weight is 273 g/mol. The first-order valence-corrected chi connectivity index (χ1v) is 5.22. The van der Waals surface area contributed by atoms with Gasteiger partial charge in [-0.15, -0.1) is 0 Å². The Morgan fingerprint density at radius 2 is 2.05 bits per heavy atom. The van der Waals surface area contributed by atoms with E-state index in [4.69, 9.17) is 5.26 Å². The highest BCUT2D eigenvalue weighted by Gasteiger charge is 2.39. The maximum atomic E-state index is 12.9. The van der Waals surface area contributed by atoms with E-state index in [1.165, 1.54) is 13.0 Å². The van der Waals surface area contributed by atoms with Crippen LogP contribution >= 0.6 is 0 Å². The molecule has 0 saturated heterocycles. The van der Waals surface area contributed by atoms with E-state index in [0.29, 0.717) is 0 Å². The van der Waals surface area contributed by atoms with Crippen LogP contribution in [-0.2, 0) is 10.9 Å². The van der Waals surface area contributed by atoms with Gasteiger partial charge in [0.15, 0.2) is 0 Å². The zero-order valence-electron chi connectivity index (χ0n) is 10.2. The number of rotatable bonds is 3. The highest BCUT2D eigenvalue weighted by molar-refractivity contribution is 5.93. The van der Waals surface area contributed by atoms with Gasteiger partial charge in [-0.3, -0.25) is 0 Å². The number of ether oxygens (including phenoxy) is 2. The Morgan fingerprint density at radius 1 is 1.42 bits per heavy atom. The third-order valence-electron chi connectivity index (χ3n) is 2.28. The Bertz CT molecular complexity index is 532. The second-order valence-electron chi connectivity index (χ2n) is 3.40. The molecule has 0 spiro atoms. The summed E-state index contributed by atoms with van der Waals surface area (Å²) in [5.74, 6) is -1.50. The highest BCUT2D eigenvalue weighted by Crippen LogP contribution is 2.39. The van der Waals surface area contributed by atoms with Gasteiger partial charge in [-0.2, -0.15) is 18.4 Å². The Hall–Kier alpha value is -2.23. The molecule has 7 heteroatoms. The van der Waals surface area contributed by atoms with Gasteiger partial charge < -0.3 is 9.47 Å². The van der Waals surface area contributed by atoms with Crippen molar-refractivity contribution >= 4 is 5.97 Å². The van der Waals surface area contributed by atoms with E-state index < -0.39 is 34.6 Å². The fourth-order valence-corrected chi connectivity index (χ4v) is 1.53. The second-order valence-corrected chi connectivity index (χ2v) is 3.40. The molecule has 0 N–H and O–H groups in total. The molecule has 0 bridgehead atoms. The first-order valence-electron chi connectivity index (χ1n) is 5.22. The normalized spacial score (nSPS) is 10.7. The minimum Gasteiger partial charge on any atom is -0.496 e. The van der Waals surface area contributed by atoms with Crippen LogP contribution in [0, 0.1) is 11.3 Å². The summed E-state index contributed by atoms with van der Waals surface area (Å²) in [5, 5.41) is 8.89. The summed E-state index contributed by atoms with van der Waals surface area (Å²) < 4.78 is 48.0. The topological polar surface area (TPSA) is 59.3 Å². The van der Waals surface area contributed by atoms with Crippen molar-refractivity contribution in [3.63, 3.8) is 0 Å². The molecule has 0 saturated carbocycles. The van der Waals surface area contributed by atoms with E-state index in [1.807, 2.05) is 0 Å². The Balaban J connectivity index is 3.55. The third kappa shape index (κ3) is 2.96. The highest BCUT2D eigenvalue weighted by atomic mass is 19.4. The molecule has 102 valence electrons. The monoisotopic (exact) mass is 273 g/mol. The summed E-state index contributed by atoms with van der Waals surface area (Å²) >= 11 is 0. The van der Waals surface area contributed by atoms with Crippen LogP contribution in [0.4, 0.5) is 13.2 Å². The van der Waals surface area contributed by atoms with E-state index in [1.54, 1.807) is 0 Å². The molecule has 0 radical (unpaired) electrons. The molecule has 0 aromatic heterocycles. The van der Waals surface area contributed by atoms with Crippen LogP contribution in [0.3, 0.4) is 0 Å². The Labute approximate surface area is 107 Å². The molecule has 4 nitrogen and oxygen atoms in total. The SMILES string of the molecule is CCOC(=O)c1ccc(OC)c(C(F)(F)F)c1C#N. The van der Waals surface area contributed by atoms with E-state index in [0.717, 1.165) is 19.2 Å². The molecule has 0 amide bonds. The molecule has 0 aliphatic heterocycles. The summed E-state index contributed by atoms with van der Waals surface area (Å²) in [5.41, 5.74) is -2.51. The van der Waals surface area contributed by atoms with Crippen molar-refractivity contribution < 1.29 is 27.4 Å². The quantitative estimate of drug-likeness (QED) is 0.794. The van der Waals surface area contributed by atoms with Crippen molar-refractivity contribution in [1.29, 1.82) is 5.26 Å². The fraction of sp³-hybridized carbons (Fsp3) is 0.333. The van der Waals surface area contributed by atoms with E-state index in [-0.39, 0.29) is 6.61 Å². The number of hydrogen-bond donors (Lipinski definition) is 0. The van der Waals surface area contributed by atoms with Crippen molar-refractivity contribution in [2.45, 2.75) is 13.1 Å². The molecule has 0 unspecified atom stereocenters. The maximum Gasteiger partial charge on any atom is 0.421 e. The van der Waals surface area contributed by atoms with Gasteiger partial charge in [0.2, 0.25) is 0 Å². The standard InChI is InChI=1S/C12H10F3NO3/c1-3-19-11(17)7-4-5-9(18-2)10(8(7)6-16)12(13,14)15/h4-5H,3H2,1-2H3. The molecule has 0 aliphatic rings. The van der Waals surface area contributed by atoms with Gasteiger partial charge in [0.05, 0.1) is 24.8 Å². The van der Waals surface area contributed by atoms with Gasteiger partial charge in [-0.1, -0.05) is 0 Å². The fourth-order valence-electron chi connectivity index (χ4n) is 1.53. The third-order valence-corrected chi connectivity index (χ3v) is 2.28. The van der Waals surface area contributed by atoms with Crippen LogP contribution in [0.15, 0.2) is 12.1 Å². The molecular formula is C12H10F3NO3.